The molecule has 0 spiro atoms. The highest BCUT2D eigenvalue weighted by Gasteiger charge is 2.21. The molecule has 0 bridgehead atoms. The molecule has 1 saturated carbocycles. The number of aryl methyl sites for hydroxylation is 1. The van der Waals surface area contributed by atoms with Crippen LogP contribution in [-0.2, 0) is 11.8 Å². The lowest BCUT2D eigenvalue weighted by Crippen LogP contribution is -2.40. The average Bonchev–Trinajstić information content (AvgIpc) is 2.76. The Morgan fingerprint density at radius 1 is 1.50 bits per heavy atom. The first kappa shape index (κ1) is 13.5. The first-order chi connectivity index (χ1) is 8.66. The van der Waals surface area contributed by atoms with Gasteiger partial charge in [0.2, 0.25) is 5.91 Å². The highest BCUT2D eigenvalue weighted by molar-refractivity contribution is 8.00. The summed E-state index contributed by atoms with van der Waals surface area (Å²) >= 11 is 1.51. The number of carbonyl (C=O) groups excluding carboxylic acids is 1. The van der Waals surface area contributed by atoms with E-state index in [2.05, 4.69) is 10.3 Å². The second kappa shape index (κ2) is 6.27. The molecule has 1 heterocycles. The second-order valence-electron chi connectivity index (χ2n) is 4.92. The maximum atomic E-state index is 12.1. The first-order valence-corrected chi connectivity index (χ1v) is 7.49. The van der Waals surface area contributed by atoms with E-state index >= 15 is 0 Å². The minimum absolute atomic E-state index is 0.0898. The molecule has 0 aromatic carbocycles. The molecule has 0 saturated heterocycles. The van der Waals surface area contributed by atoms with E-state index in [1.165, 1.54) is 31.0 Å². The molecule has 2 rings (SSSR count). The van der Waals surface area contributed by atoms with Gasteiger partial charge in [-0.1, -0.05) is 31.0 Å². The van der Waals surface area contributed by atoms with Crippen molar-refractivity contribution in [2.24, 2.45) is 7.05 Å². The van der Waals surface area contributed by atoms with Crippen LogP contribution in [0, 0.1) is 0 Å². The van der Waals surface area contributed by atoms with Gasteiger partial charge in [0.05, 0.1) is 5.25 Å². The summed E-state index contributed by atoms with van der Waals surface area (Å²) in [7, 11) is 1.95. The number of hydrogen-bond acceptors (Lipinski definition) is 3. The summed E-state index contributed by atoms with van der Waals surface area (Å²) in [6.07, 6.45) is 9.71. The Bertz CT molecular complexity index is 399. The lowest BCUT2D eigenvalue weighted by atomic mass is 9.95. The van der Waals surface area contributed by atoms with E-state index in [1.807, 2.05) is 24.7 Å². The molecule has 1 aliphatic rings. The van der Waals surface area contributed by atoms with Gasteiger partial charge in [0.15, 0.2) is 5.16 Å². The van der Waals surface area contributed by atoms with Crippen molar-refractivity contribution in [2.75, 3.05) is 0 Å². The van der Waals surface area contributed by atoms with E-state index < -0.39 is 0 Å². The number of carbonyl (C=O) groups is 1. The van der Waals surface area contributed by atoms with E-state index in [9.17, 15) is 4.79 Å². The summed E-state index contributed by atoms with van der Waals surface area (Å²) in [4.78, 5) is 16.3. The van der Waals surface area contributed by atoms with Crippen LogP contribution in [0.4, 0.5) is 0 Å². The van der Waals surface area contributed by atoms with Crippen molar-refractivity contribution in [1.29, 1.82) is 0 Å². The van der Waals surface area contributed by atoms with Crippen LogP contribution in [0.5, 0.6) is 0 Å². The summed E-state index contributed by atoms with van der Waals surface area (Å²) < 4.78 is 1.94. The fraction of sp³-hybridized carbons (Fsp3) is 0.692. The van der Waals surface area contributed by atoms with Gasteiger partial charge in [0, 0.05) is 25.5 Å². The van der Waals surface area contributed by atoms with Gasteiger partial charge in [-0.2, -0.15) is 0 Å². The largest absolute Gasteiger partial charge is 0.352 e. The van der Waals surface area contributed by atoms with Crippen LogP contribution < -0.4 is 5.32 Å². The van der Waals surface area contributed by atoms with Crippen molar-refractivity contribution in [3.05, 3.63) is 12.4 Å². The van der Waals surface area contributed by atoms with Crippen molar-refractivity contribution in [3.63, 3.8) is 0 Å². The summed E-state index contributed by atoms with van der Waals surface area (Å²) in [5, 5.41) is 3.95. The number of imidazole rings is 1. The van der Waals surface area contributed by atoms with Crippen LogP contribution in [0.3, 0.4) is 0 Å². The molecule has 1 aliphatic carbocycles. The maximum Gasteiger partial charge on any atom is 0.233 e. The van der Waals surface area contributed by atoms with E-state index in [4.69, 9.17) is 0 Å². The summed E-state index contributed by atoms with van der Waals surface area (Å²) in [6, 6.07) is 0.385. The normalized spacial score (nSPS) is 18.6. The zero-order valence-corrected chi connectivity index (χ0v) is 11.9. The predicted molar refractivity (Wildman–Crippen MR) is 73.5 cm³/mol. The van der Waals surface area contributed by atoms with Crippen LogP contribution in [-0.4, -0.2) is 26.8 Å². The van der Waals surface area contributed by atoms with Crippen LogP contribution in [0.15, 0.2) is 17.6 Å². The molecule has 1 atom stereocenters. The van der Waals surface area contributed by atoms with E-state index in [1.54, 1.807) is 6.20 Å². The Morgan fingerprint density at radius 3 is 2.83 bits per heavy atom. The smallest absolute Gasteiger partial charge is 0.233 e. The molecule has 1 aromatic heterocycles. The number of nitrogens with one attached hydrogen (secondary N) is 1. The standard InChI is InChI=1S/C13H21N3OS/c1-10(18-13-14-8-9-16(13)2)12(17)15-11-6-4-3-5-7-11/h8-11H,3-7H2,1-2H3,(H,15,17). The quantitative estimate of drug-likeness (QED) is 0.852. The van der Waals surface area contributed by atoms with Gasteiger partial charge < -0.3 is 9.88 Å². The summed E-state index contributed by atoms with van der Waals surface area (Å²) in [5.74, 6) is 0.134. The maximum absolute atomic E-state index is 12.1. The van der Waals surface area contributed by atoms with Crippen molar-refractivity contribution in [3.8, 4) is 0 Å². The van der Waals surface area contributed by atoms with Gasteiger partial charge >= 0.3 is 0 Å². The topological polar surface area (TPSA) is 46.9 Å². The highest BCUT2D eigenvalue weighted by Crippen LogP contribution is 2.22. The number of aromatic nitrogens is 2. The van der Waals surface area contributed by atoms with Crippen LogP contribution in [0.2, 0.25) is 0 Å². The van der Waals surface area contributed by atoms with Crippen LogP contribution in [0.1, 0.15) is 39.0 Å². The molecular formula is C13H21N3OS. The molecule has 1 unspecified atom stereocenters. The second-order valence-corrected chi connectivity index (χ2v) is 6.23. The van der Waals surface area contributed by atoms with Crippen molar-refractivity contribution >= 4 is 17.7 Å². The predicted octanol–water partition coefficient (Wildman–Crippen LogP) is 2.35. The Hall–Kier alpha value is -0.970. The van der Waals surface area contributed by atoms with E-state index in [0.29, 0.717) is 6.04 Å². The van der Waals surface area contributed by atoms with Gasteiger partial charge in [0.1, 0.15) is 0 Å². The zero-order chi connectivity index (χ0) is 13.0. The van der Waals surface area contributed by atoms with Gasteiger partial charge in [-0.15, -0.1) is 0 Å². The number of thioether (sulfide) groups is 1. The average molecular weight is 267 g/mol. The third-order valence-electron chi connectivity index (χ3n) is 3.38. The minimum Gasteiger partial charge on any atom is -0.352 e. The van der Waals surface area contributed by atoms with Crippen molar-refractivity contribution in [2.45, 2.75) is 55.5 Å². The van der Waals surface area contributed by atoms with E-state index in [0.717, 1.165) is 18.0 Å². The van der Waals surface area contributed by atoms with Crippen LogP contribution in [0.25, 0.3) is 0 Å². The molecular weight excluding hydrogens is 246 g/mol. The molecule has 0 radical (unpaired) electrons. The fourth-order valence-corrected chi connectivity index (χ4v) is 3.08. The number of amides is 1. The van der Waals surface area contributed by atoms with Crippen molar-refractivity contribution < 1.29 is 4.79 Å². The van der Waals surface area contributed by atoms with Gasteiger partial charge in [-0.05, 0) is 19.8 Å². The molecule has 5 heteroatoms. The summed E-state index contributed by atoms with van der Waals surface area (Å²) in [6.45, 7) is 1.94. The molecule has 0 aliphatic heterocycles. The Kier molecular flexibility index (Phi) is 4.69. The Labute approximate surface area is 113 Å². The molecule has 1 fully saturated rings. The Morgan fingerprint density at radius 2 is 2.22 bits per heavy atom. The lowest BCUT2D eigenvalue weighted by molar-refractivity contribution is -0.121. The summed E-state index contributed by atoms with van der Waals surface area (Å²) in [5.41, 5.74) is 0. The molecule has 1 amide bonds. The van der Waals surface area contributed by atoms with Crippen molar-refractivity contribution in [1.82, 2.24) is 14.9 Å². The highest BCUT2D eigenvalue weighted by atomic mass is 32.2. The molecule has 1 aromatic rings. The Balaban J connectivity index is 1.83. The molecule has 100 valence electrons. The number of nitrogens with zero attached hydrogens (tertiary/aromatic N) is 2. The lowest BCUT2D eigenvalue weighted by Gasteiger charge is -2.24. The van der Waals surface area contributed by atoms with Crippen LogP contribution >= 0.6 is 11.8 Å². The molecule has 18 heavy (non-hydrogen) atoms. The van der Waals surface area contributed by atoms with Gasteiger partial charge in [-0.3, -0.25) is 4.79 Å². The monoisotopic (exact) mass is 267 g/mol. The van der Waals surface area contributed by atoms with Gasteiger partial charge in [0.25, 0.3) is 0 Å². The molecule has 4 nitrogen and oxygen atoms in total. The SMILES string of the molecule is CC(Sc1nccn1C)C(=O)NC1CCCCC1. The third kappa shape index (κ3) is 3.51. The number of rotatable bonds is 4. The fourth-order valence-electron chi connectivity index (χ4n) is 2.24. The molecule has 1 N–H and O–H groups in total. The number of hydrogen-bond donors (Lipinski definition) is 1. The third-order valence-corrected chi connectivity index (χ3v) is 4.55. The van der Waals surface area contributed by atoms with E-state index in [-0.39, 0.29) is 11.2 Å². The zero-order valence-electron chi connectivity index (χ0n) is 11.1. The first-order valence-electron chi connectivity index (χ1n) is 6.61. The minimum atomic E-state index is -0.0898. The van der Waals surface area contributed by atoms with Gasteiger partial charge in [-0.25, -0.2) is 4.98 Å².